The first-order chi connectivity index (χ1) is 10.1. The molecular weight excluding hydrogens is 275 g/mol. The number of halogens is 1. The Kier molecular flexibility index (Phi) is 3.55. The van der Waals surface area contributed by atoms with Crippen LogP contribution in [0.2, 0.25) is 0 Å². The summed E-state index contributed by atoms with van der Waals surface area (Å²) >= 11 is 0. The van der Waals surface area contributed by atoms with Gasteiger partial charge in [0.25, 0.3) is 0 Å². The van der Waals surface area contributed by atoms with Crippen molar-refractivity contribution in [1.82, 2.24) is 20.1 Å². The van der Waals surface area contributed by atoms with E-state index in [-0.39, 0.29) is 11.7 Å². The number of piperidine rings is 1. The average Bonchev–Trinajstić information content (AvgIpc) is 2.97. The Bertz CT molecular complexity index is 650. The highest BCUT2D eigenvalue weighted by Crippen LogP contribution is 2.27. The quantitative estimate of drug-likeness (QED) is 0.890. The zero-order valence-corrected chi connectivity index (χ0v) is 11.3. The van der Waals surface area contributed by atoms with Crippen LogP contribution in [0.25, 0.3) is 11.4 Å². The van der Waals surface area contributed by atoms with Crippen LogP contribution in [-0.2, 0) is 0 Å². The lowest BCUT2D eigenvalue weighted by Crippen LogP contribution is -2.37. The highest BCUT2D eigenvalue weighted by atomic mass is 19.1. The van der Waals surface area contributed by atoms with E-state index in [1.165, 1.54) is 11.0 Å². The van der Waals surface area contributed by atoms with Crippen LogP contribution < -0.4 is 0 Å². The summed E-state index contributed by atoms with van der Waals surface area (Å²) in [6.45, 7) is 0.964. The summed E-state index contributed by atoms with van der Waals surface area (Å²) in [4.78, 5) is 16.6. The predicted octanol–water partition coefficient (Wildman–Crippen LogP) is 2.47. The molecule has 7 heteroatoms. The average molecular weight is 290 g/mol. The second-order valence-electron chi connectivity index (χ2n) is 5.07. The van der Waals surface area contributed by atoms with Crippen molar-refractivity contribution in [2.45, 2.75) is 18.8 Å². The van der Waals surface area contributed by atoms with Gasteiger partial charge in [-0.2, -0.15) is 5.10 Å². The summed E-state index contributed by atoms with van der Waals surface area (Å²) in [6, 6.07) is 6.36. The topological polar surface area (TPSA) is 82.1 Å². The molecule has 1 aliphatic heterocycles. The summed E-state index contributed by atoms with van der Waals surface area (Å²) in [5, 5.41) is 15.8. The number of carbonyl (C=O) groups is 1. The Hall–Kier alpha value is -2.44. The maximum absolute atomic E-state index is 13.7. The molecule has 0 aliphatic carbocycles. The Morgan fingerprint density at radius 3 is 2.71 bits per heavy atom. The molecule has 1 saturated heterocycles. The number of hydrogen-bond acceptors (Lipinski definition) is 3. The van der Waals surface area contributed by atoms with E-state index in [1.807, 2.05) is 0 Å². The maximum Gasteiger partial charge on any atom is 0.407 e. The molecule has 1 aliphatic rings. The second kappa shape index (κ2) is 5.51. The van der Waals surface area contributed by atoms with Crippen molar-refractivity contribution in [3.05, 3.63) is 35.9 Å². The van der Waals surface area contributed by atoms with Gasteiger partial charge in [-0.25, -0.2) is 14.2 Å². The van der Waals surface area contributed by atoms with E-state index in [1.54, 1.807) is 18.2 Å². The molecule has 2 heterocycles. The monoisotopic (exact) mass is 290 g/mol. The van der Waals surface area contributed by atoms with E-state index >= 15 is 0 Å². The van der Waals surface area contributed by atoms with Gasteiger partial charge in [0.1, 0.15) is 11.6 Å². The molecule has 6 nitrogen and oxygen atoms in total. The summed E-state index contributed by atoms with van der Waals surface area (Å²) in [5.74, 6) is 0.805. The van der Waals surface area contributed by atoms with Crippen LogP contribution in [0.4, 0.5) is 9.18 Å². The number of benzene rings is 1. The molecule has 2 aromatic rings. The molecule has 1 aromatic heterocycles. The SMILES string of the molecule is O=C(O)N1CCC(c2nc(-c3ccccc3F)n[nH]2)CC1. The third kappa shape index (κ3) is 2.72. The highest BCUT2D eigenvalue weighted by molar-refractivity contribution is 5.65. The molecular formula is C14H15FN4O2. The minimum absolute atomic E-state index is 0.133. The molecule has 21 heavy (non-hydrogen) atoms. The van der Waals surface area contributed by atoms with Crippen LogP contribution in [0.3, 0.4) is 0 Å². The second-order valence-corrected chi connectivity index (χ2v) is 5.07. The van der Waals surface area contributed by atoms with Gasteiger partial charge < -0.3 is 10.0 Å². The van der Waals surface area contributed by atoms with Crippen molar-refractivity contribution in [3.8, 4) is 11.4 Å². The van der Waals surface area contributed by atoms with Crippen LogP contribution in [0.1, 0.15) is 24.6 Å². The number of aromatic amines is 1. The summed E-state index contributed by atoms with van der Waals surface area (Å²) < 4.78 is 13.7. The normalized spacial score (nSPS) is 16.1. The number of rotatable bonds is 2. The lowest BCUT2D eigenvalue weighted by atomic mass is 9.96. The Labute approximate surface area is 120 Å². The van der Waals surface area contributed by atoms with Crippen molar-refractivity contribution < 1.29 is 14.3 Å². The van der Waals surface area contributed by atoms with Crippen LogP contribution in [-0.4, -0.2) is 44.4 Å². The molecule has 1 aromatic carbocycles. The van der Waals surface area contributed by atoms with Gasteiger partial charge in [-0.15, -0.1) is 0 Å². The maximum atomic E-state index is 13.7. The number of carboxylic acid groups (broad SMARTS) is 1. The first-order valence-electron chi connectivity index (χ1n) is 6.80. The van der Waals surface area contributed by atoms with Gasteiger partial charge in [-0.3, -0.25) is 5.10 Å². The molecule has 1 amide bonds. The van der Waals surface area contributed by atoms with Crippen molar-refractivity contribution in [2.75, 3.05) is 13.1 Å². The van der Waals surface area contributed by atoms with Crippen LogP contribution >= 0.6 is 0 Å². The third-order valence-electron chi connectivity index (χ3n) is 3.77. The standard InChI is InChI=1S/C14H15FN4O2/c15-11-4-2-1-3-10(11)13-16-12(17-18-13)9-5-7-19(8-6-9)14(20)21/h1-4,9H,5-8H2,(H,20,21)(H,16,17,18). The fourth-order valence-electron chi connectivity index (χ4n) is 2.56. The molecule has 0 atom stereocenters. The smallest absolute Gasteiger partial charge is 0.407 e. The van der Waals surface area contributed by atoms with Crippen molar-refractivity contribution in [2.24, 2.45) is 0 Å². The molecule has 1 fully saturated rings. The van der Waals surface area contributed by atoms with Gasteiger partial charge in [-0.1, -0.05) is 12.1 Å². The van der Waals surface area contributed by atoms with E-state index < -0.39 is 6.09 Å². The molecule has 0 unspecified atom stereocenters. The zero-order valence-electron chi connectivity index (χ0n) is 11.3. The Morgan fingerprint density at radius 2 is 2.05 bits per heavy atom. The summed E-state index contributed by atoms with van der Waals surface area (Å²) in [5.41, 5.74) is 0.364. The van der Waals surface area contributed by atoms with Gasteiger partial charge in [0.2, 0.25) is 0 Å². The van der Waals surface area contributed by atoms with Gasteiger partial charge >= 0.3 is 6.09 Å². The number of aromatic nitrogens is 3. The van der Waals surface area contributed by atoms with Gasteiger partial charge in [0.05, 0.1) is 5.56 Å². The van der Waals surface area contributed by atoms with Crippen LogP contribution in [0, 0.1) is 5.82 Å². The van der Waals surface area contributed by atoms with Gasteiger partial charge in [0, 0.05) is 19.0 Å². The lowest BCUT2D eigenvalue weighted by molar-refractivity contribution is 0.131. The van der Waals surface area contributed by atoms with Crippen molar-refractivity contribution in [1.29, 1.82) is 0 Å². The molecule has 0 saturated carbocycles. The largest absolute Gasteiger partial charge is 0.465 e. The molecule has 2 N–H and O–H groups in total. The molecule has 110 valence electrons. The fourth-order valence-corrected chi connectivity index (χ4v) is 2.56. The van der Waals surface area contributed by atoms with Gasteiger partial charge in [0.15, 0.2) is 5.82 Å². The number of likely N-dealkylation sites (tertiary alicyclic amines) is 1. The summed E-state index contributed by atoms with van der Waals surface area (Å²) in [6.07, 6.45) is 0.495. The molecule has 3 rings (SSSR count). The fraction of sp³-hybridized carbons (Fsp3) is 0.357. The van der Waals surface area contributed by atoms with Crippen LogP contribution in [0.5, 0.6) is 0 Å². The van der Waals surface area contributed by atoms with E-state index in [2.05, 4.69) is 15.2 Å². The third-order valence-corrected chi connectivity index (χ3v) is 3.77. The number of nitrogens with one attached hydrogen (secondary N) is 1. The lowest BCUT2D eigenvalue weighted by Gasteiger charge is -2.28. The van der Waals surface area contributed by atoms with E-state index in [0.29, 0.717) is 43.1 Å². The van der Waals surface area contributed by atoms with Crippen LogP contribution in [0.15, 0.2) is 24.3 Å². The van der Waals surface area contributed by atoms with Crippen molar-refractivity contribution in [3.63, 3.8) is 0 Å². The first kappa shape index (κ1) is 13.5. The minimum Gasteiger partial charge on any atom is -0.465 e. The predicted molar refractivity (Wildman–Crippen MR) is 73.3 cm³/mol. The first-order valence-corrected chi connectivity index (χ1v) is 6.80. The van der Waals surface area contributed by atoms with Gasteiger partial charge in [-0.05, 0) is 25.0 Å². The highest BCUT2D eigenvalue weighted by Gasteiger charge is 2.26. The summed E-state index contributed by atoms with van der Waals surface area (Å²) in [7, 11) is 0. The number of amides is 1. The molecule has 0 radical (unpaired) electrons. The Morgan fingerprint density at radius 1 is 1.33 bits per heavy atom. The Balaban J connectivity index is 1.74. The number of nitrogens with zero attached hydrogens (tertiary/aromatic N) is 3. The van der Waals surface area contributed by atoms with Crippen molar-refractivity contribution >= 4 is 6.09 Å². The number of hydrogen-bond donors (Lipinski definition) is 2. The molecule has 0 spiro atoms. The van der Waals surface area contributed by atoms with E-state index in [4.69, 9.17) is 5.11 Å². The zero-order chi connectivity index (χ0) is 14.8. The number of H-pyrrole nitrogens is 1. The minimum atomic E-state index is -0.891. The van der Waals surface area contributed by atoms with E-state index in [9.17, 15) is 9.18 Å². The van der Waals surface area contributed by atoms with E-state index in [0.717, 1.165) is 0 Å². The molecule has 0 bridgehead atoms.